The standard InChI is InChI=1S/C43H84O4/c1-3-5-7-9-11-13-15-17-18-19-21-22-24-26-29-33-37-41(38-34-30-28-31-35-39-42(44)45)47-43(46)40-36-32-27-25-23-20-16-14-12-10-8-6-4-2/h41H,3-40H2,1-2H3,(H,44,45). The molecule has 0 bridgehead atoms. The molecule has 0 radical (unpaired) electrons. The Morgan fingerprint density at radius 1 is 0.383 bits per heavy atom. The lowest BCUT2D eigenvalue weighted by molar-refractivity contribution is -0.150. The molecule has 0 aliphatic carbocycles. The molecule has 1 unspecified atom stereocenters. The van der Waals surface area contributed by atoms with Gasteiger partial charge in [0.05, 0.1) is 0 Å². The van der Waals surface area contributed by atoms with Crippen molar-refractivity contribution in [2.45, 2.75) is 264 Å². The lowest BCUT2D eigenvalue weighted by Gasteiger charge is -2.18. The molecular formula is C43H84O4. The van der Waals surface area contributed by atoms with Gasteiger partial charge in [-0.25, -0.2) is 0 Å². The van der Waals surface area contributed by atoms with Gasteiger partial charge in [-0.1, -0.05) is 206 Å². The first kappa shape index (κ1) is 45.9. The number of hydrogen-bond acceptors (Lipinski definition) is 3. The van der Waals surface area contributed by atoms with Crippen molar-refractivity contribution in [3.63, 3.8) is 0 Å². The predicted molar refractivity (Wildman–Crippen MR) is 204 cm³/mol. The minimum Gasteiger partial charge on any atom is -0.481 e. The number of ether oxygens (including phenoxy) is 1. The SMILES string of the molecule is CCCCCCCCCCCCCCCCCCC(CCCCCCCC(=O)O)OC(=O)CCCCCCCCCCCCCCC. The Bertz CT molecular complexity index is 633. The third kappa shape index (κ3) is 39.3. The van der Waals surface area contributed by atoms with Gasteiger partial charge >= 0.3 is 11.9 Å². The Labute approximate surface area is 294 Å². The van der Waals surface area contributed by atoms with Crippen molar-refractivity contribution >= 4 is 11.9 Å². The van der Waals surface area contributed by atoms with E-state index in [0.717, 1.165) is 64.2 Å². The Morgan fingerprint density at radius 3 is 0.936 bits per heavy atom. The molecule has 0 aromatic heterocycles. The smallest absolute Gasteiger partial charge is 0.306 e. The Balaban J connectivity index is 3.97. The molecule has 47 heavy (non-hydrogen) atoms. The van der Waals surface area contributed by atoms with E-state index in [-0.39, 0.29) is 18.5 Å². The molecule has 0 saturated carbocycles. The number of hydrogen-bond donors (Lipinski definition) is 1. The maximum atomic E-state index is 12.7. The van der Waals surface area contributed by atoms with Crippen molar-refractivity contribution < 1.29 is 19.4 Å². The van der Waals surface area contributed by atoms with E-state index < -0.39 is 5.97 Å². The number of carboxylic acids is 1. The molecule has 4 nitrogen and oxygen atoms in total. The van der Waals surface area contributed by atoms with Crippen molar-refractivity contribution in [1.82, 2.24) is 0 Å². The van der Waals surface area contributed by atoms with Crippen LogP contribution in [0, 0.1) is 0 Å². The second-order valence-corrected chi connectivity index (χ2v) is 14.9. The highest BCUT2D eigenvalue weighted by atomic mass is 16.5. The van der Waals surface area contributed by atoms with Gasteiger partial charge in [0.1, 0.15) is 6.10 Å². The molecule has 0 fully saturated rings. The maximum Gasteiger partial charge on any atom is 0.306 e. The first-order valence-electron chi connectivity index (χ1n) is 21.5. The summed E-state index contributed by atoms with van der Waals surface area (Å²) in [6, 6.07) is 0. The molecule has 1 N–H and O–H groups in total. The zero-order valence-electron chi connectivity index (χ0n) is 32.1. The summed E-state index contributed by atoms with van der Waals surface area (Å²) in [5.41, 5.74) is 0. The maximum absolute atomic E-state index is 12.7. The zero-order valence-corrected chi connectivity index (χ0v) is 32.1. The predicted octanol–water partition coefficient (Wildman–Crippen LogP) is 14.8. The van der Waals surface area contributed by atoms with E-state index in [4.69, 9.17) is 9.84 Å². The van der Waals surface area contributed by atoms with Crippen LogP contribution in [-0.4, -0.2) is 23.1 Å². The lowest BCUT2D eigenvalue weighted by atomic mass is 10.0. The van der Waals surface area contributed by atoms with Gasteiger partial charge < -0.3 is 9.84 Å². The largest absolute Gasteiger partial charge is 0.481 e. The fourth-order valence-corrected chi connectivity index (χ4v) is 6.89. The number of carboxylic acid groups (broad SMARTS) is 1. The van der Waals surface area contributed by atoms with Crippen LogP contribution in [0.3, 0.4) is 0 Å². The number of unbranched alkanes of at least 4 members (excludes halogenated alkanes) is 31. The number of aliphatic carboxylic acids is 1. The third-order valence-electron chi connectivity index (χ3n) is 10.1. The number of carbonyl (C=O) groups excluding carboxylic acids is 1. The Morgan fingerprint density at radius 2 is 0.638 bits per heavy atom. The molecule has 280 valence electrons. The van der Waals surface area contributed by atoms with Crippen LogP contribution >= 0.6 is 0 Å². The normalized spacial score (nSPS) is 12.0. The van der Waals surface area contributed by atoms with E-state index in [9.17, 15) is 9.59 Å². The van der Waals surface area contributed by atoms with Gasteiger partial charge in [0.25, 0.3) is 0 Å². The van der Waals surface area contributed by atoms with E-state index in [0.29, 0.717) is 6.42 Å². The van der Waals surface area contributed by atoms with Gasteiger partial charge in [0.15, 0.2) is 0 Å². The first-order valence-corrected chi connectivity index (χ1v) is 21.5. The van der Waals surface area contributed by atoms with Crippen LogP contribution in [0.2, 0.25) is 0 Å². The average Bonchev–Trinajstić information content (AvgIpc) is 3.05. The molecule has 4 heteroatoms. The van der Waals surface area contributed by atoms with E-state index in [1.54, 1.807) is 0 Å². The van der Waals surface area contributed by atoms with Crippen LogP contribution in [-0.2, 0) is 14.3 Å². The molecule has 0 aliphatic rings. The summed E-state index contributed by atoms with van der Waals surface area (Å²) in [6.45, 7) is 4.57. The number of rotatable bonds is 40. The van der Waals surface area contributed by atoms with Gasteiger partial charge in [-0.05, 0) is 38.5 Å². The van der Waals surface area contributed by atoms with Crippen molar-refractivity contribution in [3.05, 3.63) is 0 Å². The molecule has 0 spiro atoms. The van der Waals surface area contributed by atoms with Gasteiger partial charge in [-0.15, -0.1) is 0 Å². The molecule has 0 rings (SSSR count). The summed E-state index contributed by atoms with van der Waals surface area (Å²) in [4.78, 5) is 23.4. The number of esters is 1. The molecule has 0 aromatic carbocycles. The molecule has 0 aliphatic heterocycles. The highest BCUT2D eigenvalue weighted by Gasteiger charge is 2.14. The molecular weight excluding hydrogens is 580 g/mol. The second kappa shape index (κ2) is 39.4. The highest BCUT2D eigenvalue weighted by molar-refractivity contribution is 5.69. The monoisotopic (exact) mass is 665 g/mol. The van der Waals surface area contributed by atoms with Gasteiger partial charge in [-0.3, -0.25) is 9.59 Å². The summed E-state index contributed by atoms with van der Waals surface area (Å²) < 4.78 is 6.02. The average molecular weight is 665 g/mol. The van der Waals surface area contributed by atoms with Crippen LogP contribution in [0.4, 0.5) is 0 Å². The topological polar surface area (TPSA) is 63.6 Å². The minimum absolute atomic E-state index is 0.0102. The van der Waals surface area contributed by atoms with E-state index in [1.807, 2.05) is 0 Å². The van der Waals surface area contributed by atoms with Crippen molar-refractivity contribution in [2.75, 3.05) is 0 Å². The molecule has 0 aromatic rings. The second-order valence-electron chi connectivity index (χ2n) is 14.9. The Kier molecular flexibility index (Phi) is 38.5. The lowest BCUT2D eigenvalue weighted by Crippen LogP contribution is -2.18. The van der Waals surface area contributed by atoms with Crippen LogP contribution in [0.5, 0.6) is 0 Å². The third-order valence-corrected chi connectivity index (χ3v) is 10.1. The summed E-state index contributed by atoms with van der Waals surface area (Å²) in [6.07, 6.45) is 47.0. The van der Waals surface area contributed by atoms with Crippen LogP contribution in [0.15, 0.2) is 0 Å². The van der Waals surface area contributed by atoms with Gasteiger partial charge in [-0.2, -0.15) is 0 Å². The van der Waals surface area contributed by atoms with Crippen LogP contribution in [0.25, 0.3) is 0 Å². The van der Waals surface area contributed by atoms with Gasteiger partial charge in [0.2, 0.25) is 0 Å². The molecule has 0 saturated heterocycles. The number of carbonyl (C=O) groups is 2. The fourth-order valence-electron chi connectivity index (χ4n) is 6.89. The van der Waals surface area contributed by atoms with Gasteiger partial charge in [0, 0.05) is 12.8 Å². The zero-order chi connectivity index (χ0) is 34.3. The van der Waals surface area contributed by atoms with E-state index in [1.165, 1.54) is 167 Å². The van der Waals surface area contributed by atoms with Crippen LogP contribution in [0.1, 0.15) is 258 Å². The van der Waals surface area contributed by atoms with Crippen molar-refractivity contribution in [3.8, 4) is 0 Å². The summed E-state index contributed by atoms with van der Waals surface area (Å²) in [7, 11) is 0. The van der Waals surface area contributed by atoms with E-state index in [2.05, 4.69) is 13.8 Å². The first-order chi connectivity index (χ1) is 23.1. The highest BCUT2D eigenvalue weighted by Crippen LogP contribution is 2.19. The summed E-state index contributed by atoms with van der Waals surface area (Å²) in [5, 5.41) is 8.83. The fraction of sp³-hybridized carbons (Fsp3) is 0.953. The quantitative estimate of drug-likeness (QED) is 0.0523. The van der Waals surface area contributed by atoms with E-state index >= 15 is 0 Å². The molecule has 0 amide bonds. The van der Waals surface area contributed by atoms with Crippen LogP contribution < -0.4 is 0 Å². The summed E-state index contributed by atoms with van der Waals surface area (Å²) >= 11 is 0. The van der Waals surface area contributed by atoms with Crippen molar-refractivity contribution in [2.24, 2.45) is 0 Å². The minimum atomic E-state index is -0.695. The summed E-state index contributed by atoms with van der Waals surface area (Å²) in [5.74, 6) is -0.685. The Hall–Kier alpha value is -1.06. The molecule has 1 atom stereocenters. The van der Waals surface area contributed by atoms with Crippen molar-refractivity contribution in [1.29, 1.82) is 0 Å². The molecule has 0 heterocycles.